The molecule has 12 nitrogen and oxygen atoms in total. The first-order valence-electron chi connectivity index (χ1n) is 18.5. The maximum absolute atomic E-state index is 13.4. The summed E-state index contributed by atoms with van der Waals surface area (Å²) < 4.78 is 0. The molecule has 1 aromatic heterocycles. The Labute approximate surface area is 319 Å². The number of nitrogens with zero attached hydrogens (tertiary/aromatic N) is 3. The average Bonchev–Trinajstić information content (AvgIpc) is 4.01. The van der Waals surface area contributed by atoms with Gasteiger partial charge in [0.25, 0.3) is 11.8 Å². The van der Waals surface area contributed by atoms with E-state index in [-0.39, 0.29) is 11.8 Å². The number of H-pyrrole nitrogens is 1. The van der Waals surface area contributed by atoms with Gasteiger partial charge in [-0.05, 0) is 86.6 Å². The fourth-order valence-electron chi connectivity index (χ4n) is 7.42. The van der Waals surface area contributed by atoms with Crippen LogP contribution in [0.5, 0.6) is 0 Å². The predicted molar refractivity (Wildman–Crippen MR) is 208 cm³/mol. The standard InChI is InChI=1S/C43H44N6O6/c1-42(54,30-11-5-3-6-12-30)40(52)48-25-9-15-36(48)38(50)44-32-21-17-28(18-22-32)34-27-35(47-46-34)29-19-23-33(24-20-29)45-39(51)37-16-10-26-49(37)41(53)43(2,55)31-13-7-4-8-14-31/h3-8,11-14,17-24,27,36-37,54-55H,9-10,15-16,25-26H2,1-2H3,(H,44,50)(H,45,51)(H,46,47)/t36-,37?,42-,43-/m0/s1. The van der Waals surface area contributed by atoms with Crippen LogP contribution in [-0.2, 0) is 30.4 Å². The lowest BCUT2D eigenvalue weighted by atomic mass is 9.94. The van der Waals surface area contributed by atoms with Gasteiger partial charge in [-0.2, -0.15) is 5.10 Å². The molecule has 1 unspecified atom stereocenters. The first-order chi connectivity index (χ1) is 26.4. The van der Waals surface area contributed by atoms with Crippen LogP contribution in [0.25, 0.3) is 22.5 Å². The number of nitrogens with one attached hydrogen (secondary N) is 3. The van der Waals surface area contributed by atoms with E-state index >= 15 is 0 Å². The van der Waals surface area contributed by atoms with Gasteiger partial charge in [0.05, 0.1) is 11.4 Å². The highest BCUT2D eigenvalue weighted by Crippen LogP contribution is 2.31. The number of aromatic nitrogens is 2. The largest absolute Gasteiger partial charge is 0.376 e. The topological polar surface area (TPSA) is 168 Å². The number of aromatic amines is 1. The van der Waals surface area contributed by atoms with E-state index in [4.69, 9.17) is 0 Å². The molecule has 3 heterocycles. The lowest BCUT2D eigenvalue weighted by Crippen LogP contribution is -2.50. The Kier molecular flexibility index (Phi) is 10.4. The van der Waals surface area contributed by atoms with Gasteiger partial charge >= 0.3 is 0 Å². The van der Waals surface area contributed by atoms with E-state index in [9.17, 15) is 29.4 Å². The Morgan fingerprint density at radius 3 is 1.49 bits per heavy atom. The molecule has 7 rings (SSSR count). The third-order valence-corrected chi connectivity index (χ3v) is 10.6. The van der Waals surface area contributed by atoms with Crippen LogP contribution in [0, 0.1) is 0 Å². The molecular formula is C43H44N6O6. The van der Waals surface area contributed by atoms with Gasteiger partial charge in [-0.15, -0.1) is 0 Å². The fourth-order valence-corrected chi connectivity index (χ4v) is 7.42. The van der Waals surface area contributed by atoms with Gasteiger partial charge in [-0.3, -0.25) is 24.3 Å². The molecule has 5 N–H and O–H groups in total. The number of carbonyl (C=O) groups is 4. The highest BCUT2D eigenvalue weighted by Gasteiger charge is 2.44. The lowest BCUT2D eigenvalue weighted by molar-refractivity contribution is -0.153. The summed E-state index contributed by atoms with van der Waals surface area (Å²) >= 11 is 0. The molecule has 0 spiro atoms. The minimum Gasteiger partial charge on any atom is -0.376 e. The van der Waals surface area contributed by atoms with E-state index in [1.54, 1.807) is 72.8 Å². The summed E-state index contributed by atoms with van der Waals surface area (Å²) in [7, 11) is 0. The quantitative estimate of drug-likeness (QED) is 0.128. The van der Waals surface area contributed by atoms with Gasteiger partial charge in [0.1, 0.15) is 12.1 Å². The van der Waals surface area contributed by atoms with Crippen LogP contribution >= 0.6 is 0 Å². The van der Waals surface area contributed by atoms with Crippen LogP contribution < -0.4 is 10.6 Å². The predicted octanol–water partition coefficient (Wildman–Crippen LogP) is 5.42. The monoisotopic (exact) mass is 740 g/mol. The van der Waals surface area contributed by atoms with Crippen molar-refractivity contribution in [1.29, 1.82) is 0 Å². The van der Waals surface area contributed by atoms with Crippen molar-refractivity contribution < 1.29 is 29.4 Å². The zero-order valence-electron chi connectivity index (χ0n) is 30.7. The normalized spacial score (nSPS) is 19.0. The Bertz CT molecular complexity index is 2010. The summed E-state index contributed by atoms with van der Waals surface area (Å²) in [5.41, 5.74) is 1.72. The smallest absolute Gasteiger partial charge is 0.259 e. The number of hydrogen-bond donors (Lipinski definition) is 5. The molecular weight excluding hydrogens is 697 g/mol. The molecule has 12 heteroatoms. The molecule has 4 atom stereocenters. The summed E-state index contributed by atoms with van der Waals surface area (Å²) in [4.78, 5) is 56.4. The van der Waals surface area contributed by atoms with Crippen molar-refractivity contribution in [3.63, 3.8) is 0 Å². The number of rotatable bonds is 10. The molecule has 0 bridgehead atoms. The molecule has 55 heavy (non-hydrogen) atoms. The number of anilines is 2. The molecule has 4 aromatic carbocycles. The minimum absolute atomic E-state index is 0.309. The zero-order valence-corrected chi connectivity index (χ0v) is 30.7. The number of hydrogen-bond acceptors (Lipinski definition) is 7. The SMILES string of the molecule is C[C@@](O)(C(=O)N1CCCC1C(=O)Nc1ccc(-c2cc(-c3ccc(NC(=O)[C@@H]4CCCN4C(=O)[C@@](C)(O)c4ccccc4)cc3)n[nH]2)cc1)c1ccccc1. The maximum Gasteiger partial charge on any atom is 0.259 e. The van der Waals surface area contributed by atoms with Crippen molar-refractivity contribution in [2.75, 3.05) is 23.7 Å². The van der Waals surface area contributed by atoms with E-state index < -0.39 is 35.1 Å². The van der Waals surface area contributed by atoms with E-state index in [0.717, 1.165) is 16.8 Å². The zero-order chi connectivity index (χ0) is 38.7. The number of carbonyl (C=O) groups excluding carboxylic acids is 4. The van der Waals surface area contributed by atoms with Crippen LogP contribution in [0.4, 0.5) is 11.4 Å². The molecule has 282 valence electrons. The van der Waals surface area contributed by atoms with Crippen molar-refractivity contribution in [2.24, 2.45) is 0 Å². The molecule has 0 radical (unpaired) electrons. The number of aliphatic hydroxyl groups is 2. The summed E-state index contributed by atoms with van der Waals surface area (Å²) in [6.07, 6.45) is 2.33. The molecule has 0 saturated carbocycles. The van der Waals surface area contributed by atoms with Crippen molar-refractivity contribution in [3.05, 3.63) is 126 Å². The van der Waals surface area contributed by atoms with Gasteiger partial charge in [0.2, 0.25) is 11.8 Å². The molecule has 4 amide bonds. The van der Waals surface area contributed by atoms with E-state index in [1.807, 2.05) is 42.5 Å². The van der Waals surface area contributed by atoms with Crippen molar-refractivity contribution >= 4 is 35.0 Å². The minimum atomic E-state index is -1.75. The van der Waals surface area contributed by atoms with Gasteiger partial charge in [0, 0.05) is 30.0 Å². The van der Waals surface area contributed by atoms with Crippen LogP contribution in [0.3, 0.4) is 0 Å². The van der Waals surface area contributed by atoms with E-state index in [1.165, 1.54) is 23.6 Å². The summed E-state index contributed by atoms with van der Waals surface area (Å²) in [5, 5.41) is 35.6. The summed E-state index contributed by atoms with van der Waals surface area (Å²) in [6.45, 7) is 3.70. The highest BCUT2D eigenvalue weighted by atomic mass is 16.3. The van der Waals surface area contributed by atoms with E-state index in [2.05, 4.69) is 20.8 Å². The molecule has 5 aromatic rings. The lowest BCUT2D eigenvalue weighted by Gasteiger charge is -2.31. The van der Waals surface area contributed by atoms with Gasteiger partial charge in [-0.25, -0.2) is 0 Å². The Morgan fingerprint density at radius 1 is 0.636 bits per heavy atom. The molecule has 2 aliphatic heterocycles. The van der Waals surface area contributed by atoms with Crippen LogP contribution in [-0.4, -0.2) is 79.0 Å². The van der Waals surface area contributed by atoms with Gasteiger partial charge in [0.15, 0.2) is 11.2 Å². The fraction of sp³-hybridized carbons (Fsp3) is 0.279. The Morgan fingerprint density at radius 2 is 1.05 bits per heavy atom. The van der Waals surface area contributed by atoms with Gasteiger partial charge < -0.3 is 30.6 Å². The second kappa shape index (κ2) is 15.3. The number of amides is 4. The molecule has 2 aliphatic rings. The maximum atomic E-state index is 13.4. The summed E-state index contributed by atoms with van der Waals surface area (Å²) in [6, 6.07) is 32.5. The second-order valence-electron chi connectivity index (χ2n) is 14.5. The van der Waals surface area contributed by atoms with Crippen LogP contribution in [0.2, 0.25) is 0 Å². The summed E-state index contributed by atoms with van der Waals surface area (Å²) in [5.74, 6) is -1.62. The highest BCUT2D eigenvalue weighted by molar-refractivity contribution is 6.00. The average molecular weight is 741 g/mol. The van der Waals surface area contributed by atoms with Crippen molar-refractivity contribution in [1.82, 2.24) is 20.0 Å². The number of likely N-dealkylation sites (tertiary alicyclic amines) is 2. The van der Waals surface area contributed by atoms with Gasteiger partial charge in [-0.1, -0.05) is 84.9 Å². The van der Waals surface area contributed by atoms with Crippen molar-refractivity contribution in [2.45, 2.75) is 62.8 Å². The third-order valence-electron chi connectivity index (χ3n) is 10.6. The third kappa shape index (κ3) is 7.64. The number of benzene rings is 4. The van der Waals surface area contributed by atoms with E-state index in [0.29, 0.717) is 67.0 Å². The van der Waals surface area contributed by atoms with Crippen LogP contribution in [0.1, 0.15) is 50.7 Å². The second-order valence-corrected chi connectivity index (χ2v) is 14.5. The Balaban J connectivity index is 0.950. The Hall–Kier alpha value is -6.11. The molecule has 2 saturated heterocycles. The molecule has 0 aliphatic carbocycles. The van der Waals surface area contributed by atoms with Crippen LogP contribution in [0.15, 0.2) is 115 Å². The van der Waals surface area contributed by atoms with Crippen molar-refractivity contribution in [3.8, 4) is 22.5 Å². The first-order valence-corrected chi connectivity index (χ1v) is 18.5. The first kappa shape index (κ1) is 37.2. The molecule has 2 fully saturated rings.